The number of pyridine rings is 1. The Morgan fingerprint density at radius 2 is 2.24 bits per heavy atom. The number of hydrogen-bond acceptors (Lipinski definition) is 2. The third-order valence-electron chi connectivity index (χ3n) is 2.62. The van der Waals surface area contributed by atoms with Gasteiger partial charge in [-0.1, -0.05) is 13.0 Å². The normalized spacial score (nSPS) is 10.4. The third kappa shape index (κ3) is 3.03. The van der Waals surface area contributed by atoms with Crippen molar-refractivity contribution >= 4 is 5.78 Å². The van der Waals surface area contributed by atoms with Gasteiger partial charge >= 0.3 is 0 Å². The maximum absolute atomic E-state index is 11.7. The summed E-state index contributed by atoms with van der Waals surface area (Å²) < 4.78 is 1.99. The zero-order chi connectivity index (χ0) is 12.1. The Balaban J connectivity index is 2.06. The lowest BCUT2D eigenvalue weighted by Crippen LogP contribution is -2.00. The Labute approximate surface area is 101 Å². The molecule has 3 nitrogen and oxygen atoms in total. The lowest BCUT2D eigenvalue weighted by Gasteiger charge is -2.01. The molecule has 0 atom stereocenters. The zero-order valence-corrected chi connectivity index (χ0v) is 9.97. The van der Waals surface area contributed by atoms with E-state index in [1.165, 1.54) is 0 Å². The third-order valence-corrected chi connectivity index (χ3v) is 2.62. The maximum Gasteiger partial charge on any atom is 0.164 e. The summed E-state index contributed by atoms with van der Waals surface area (Å²) >= 11 is 0. The molecular weight excluding hydrogens is 212 g/mol. The van der Waals surface area contributed by atoms with Crippen LogP contribution in [0.25, 0.3) is 0 Å². The zero-order valence-electron chi connectivity index (χ0n) is 9.97. The molecule has 0 fully saturated rings. The topological polar surface area (TPSA) is 34.9 Å². The molecule has 2 aromatic heterocycles. The average Bonchev–Trinajstić information content (AvgIpc) is 2.79. The van der Waals surface area contributed by atoms with Crippen LogP contribution in [-0.2, 0) is 6.54 Å². The van der Waals surface area contributed by atoms with Crippen molar-refractivity contribution in [2.75, 3.05) is 0 Å². The summed E-state index contributed by atoms with van der Waals surface area (Å²) in [6.45, 7) is 2.73. The lowest BCUT2D eigenvalue weighted by atomic mass is 10.1. The summed E-state index contributed by atoms with van der Waals surface area (Å²) in [7, 11) is 0. The largest absolute Gasteiger partial charge is 0.348 e. The molecule has 0 aliphatic heterocycles. The van der Waals surface area contributed by atoms with Crippen molar-refractivity contribution in [3.63, 3.8) is 0 Å². The Kier molecular flexibility index (Phi) is 3.70. The number of ketones is 1. The minimum Gasteiger partial charge on any atom is -0.348 e. The second-order valence-corrected chi connectivity index (χ2v) is 4.07. The molecule has 0 aromatic carbocycles. The fourth-order valence-electron chi connectivity index (χ4n) is 1.75. The van der Waals surface area contributed by atoms with Crippen LogP contribution >= 0.6 is 0 Å². The fourth-order valence-corrected chi connectivity index (χ4v) is 1.75. The molecule has 0 radical (unpaired) electrons. The quantitative estimate of drug-likeness (QED) is 0.737. The van der Waals surface area contributed by atoms with Crippen LogP contribution in [-0.4, -0.2) is 15.3 Å². The SMILES string of the molecule is CCCC(=O)c1ccn(Cc2ccccn2)c1. The van der Waals surface area contributed by atoms with E-state index < -0.39 is 0 Å². The van der Waals surface area contributed by atoms with Gasteiger partial charge in [-0.2, -0.15) is 0 Å². The van der Waals surface area contributed by atoms with Gasteiger partial charge in [0.25, 0.3) is 0 Å². The van der Waals surface area contributed by atoms with Crippen molar-refractivity contribution in [1.29, 1.82) is 0 Å². The van der Waals surface area contributed by atoms with Crippen LogP contribution in [0.2, 0.25) is 0 Å². The Bertz CT molecular complexity index is 488. The molecule has 0 spiro atoms. The minimum absolute atomic E-state index is 0.215. The summed E-state index contributed by atoms with van der Waals surface area (Å²) in [5.74, 6) is 0.215. The minimum atomic E-state index is 0.215. The Hall–Kier alpha value is -1.90. The van der Waals surface area contributed by atoms with Gasteiger partial charge in [0.05, 0.1) is 12.2 Å². The van der Waals surface area contributed by atoms with Gasteiger partial charge in [-0.05, 0) is 24.6 Å². The number of nitrogens with zero attached hydrogens (tertiary/aromatic N) is 2. The number of Topliss-reactive ketones (excluding diaryl/α,β-unsaturated/α-hetero) is 1. The molecule has 2 aromatic rings. The molecule has 0 saturated heterocycles. The smallest absolute Gasteiger partial charge is 0.164 e. The summed E-state index contributed by atoms with van der Waals surface area (Å²) in [6, 6.07) is 7.72. The molecule has 0 aliphatic carbocycles. The van der Waals surface area contributed by atoms with Crippen molar-refractivity contribution in [1.82, 2.24) is 9.55 Å². The van der Waals surface area contributed by atoms with Crippen LogP contribution in [0.5, 0.6) is 0 Å². The van der Waals surface area contributed by atoms with E-state index in [9.17, 15) is 4.79 Å². The first-order valence-electron chi connectivity index (χ1n) is 5.88. The Morgan fingerprint density at radius 3 is 2.94 bits per heavy atom. The molecule has 88 valence electrons. The molecule has 3 heteroatoms. The maximum atomic E-state index is 11.7. The predicted octanol–water partition coefficient (Wildman–Crippen LogP) is 2.91. The van der Waals surface area contributed by atoms with Gasteiger partial charge in [0, 0.05) is 30.6 Å². The van der Waals surface area contributed by atoms with Gasteiger partial charge in [0.2, 0.25) is 0 Å². The van der Waals surface area contributed by atoms with Crippen molar-refractivity contribution in [2.24, 2.45) is 0 Å². The standard InChI is InChI=1S/C14H16N2O/c1-2-5-14(17)12-7-9-16(10-12)11-13-6-3-4-8-15-13/h3-4,6-10H,2,5,11H2,1H3. The van der Waals surface area contributed by atoms with Crippen LogP contribution in [0.1, 0.15) is 35.8 Å². The second-order valence-electron chi connectivity index (χ2n) is 4.07. The van der Waals surface area contributed by atoms with Gasteiger partial charge in [-0.15, -0.1) is 0 Å². The van der Waals surface area contributed by atoms with Crippen LogP contribution in [0.3, 0.4) is 0 Å². The van der Waals surface area contributed by atoms with E-state index >= 15 is 0 Å². The van der Waals surface area contributed by atoms with E-state index in [4.69, 9.17) is 0 Å². The van der Waals surface area contributed by atoms with E-state index in [-0.39, 0.29) is 5.78 Å². The van der Waals surface area contributed by atoms with Crippen molar-refractivity contribution in [3.8, 4) is 0 Å². The van der Waals surface area contributed by atoms with E-state index in [0.717, 1.165) is 17.7 Å². The van der Waals surface area contributed by atoms with Gasteiger partial charge in [0.1, 0.15) is 0 Å². The molecule has 0 N–H and O–H groups in total. The number of carbonyl (C=O) groups is 1. The second kappa shape index (κ2) is 5.43. The average molecular weight is 228 g/mol. The van der Waals surface area contributed by atoms with Crippen LogP contribution in [0.15, 0.2) is 42.9 Å². The number of aromatic nitrogens is 2. The first-order valence-corrected chi connectivity index (χ1v) is 5.88. The van der Waals surface area contributed by atoms with Gasteiger partial charge in [-0.3, -0.25) is 9.78 Å². The predicted molar refractivity (Wildman–Crippen MR) is 67.0 cm³/mol. The van der Waals surface area contributed by atoms with E-state index in [1.54, 1.807) is 6.20 Å². The molecular formula is C14H16N2O. The molecule has 0 unspecified atom stereocenters. The van der Waals surface area contributed by atoms with Crippen LogP contribution < -0.4 is 0 Å². The summed E-state index contributed by atoms with van der Waals surface area (Å²) in [4.78, 5) is 15.9. The van der Waals surface area contributed by atoms with Gasteiger partial charge in [-0.25, -0.2) is 0 Å². The molecule has 0 bridgehead atoms. The van der Waals surface area contributed by atoms with E-state index in [0.29, 0.717) is 13.0 Å². The summed E-state index contributed by atoms with van der Waals surface area (Å²) in [5, 5.41) is 0. The molecule has 2 rings (SSSR count). The highest BCUT2D eigenvalue weighted by Gasteiger charge is 2.06. The highest BCUT2D eigenvalue weighted by Crippen LogP contribution is 2.08. The first-order chi connectivity index (χ1) is 8.29. The van der Waals surface area contributed by atoms with Crippen molar-refractivity contribution in [3.05, 3.63) is 54.1 Å². The monoisotopic (exact) mass is 228 g/mol. The van der Waals surface area contributed by atoms with Crippen LogP contribution in [0, 0.1) is 0 Å². The molecule has 0 saturated carbocycles. The fraction of sp³-hybridized carbons (Fsp3) is 0.286. The highest BCUT2D eigenvalue weighted by atomic mass is 16.1. The molecule has 0 amide bonds. The first kappa shape index (κ1) is 11.6. The Morgan fingerprint density at radius 1 is 1.35 bits per heavy atom. The van der Waals surface area contributed by atoms with Gasteiger partial charge in [0.15, 0.2) is 5.78 Å². The van der Waals surface area contributed by atoms with Crippen molar-refractivity contribution < 1.29 is 4.79 Å². The molecule has 2 heterocycles. The van der Waals surface area contributed by atoms with E-state index in [2.05, 4.69) is 4.98 Å². The molecule has 0 aliphatic rings. The lowest BCUT2D eigenvalue weighted by molar-refractivity contribution is 0.0981. The van der Waals surface area contributed by atoms with Crippen LogP contribution in [0.4, 0.5) is 0 Å². The van der Waals surface area contributed by atoms with E-state index in [1.807, 2.05) is 48.1 Å². The number of carbonyl (C=O) groups excluding carboxylic acids is 1. The van der Waals surface area contributed by atoms with Crippen molar-refractivity contribution in [2.45, 2.75) is 26.3 Å². The number of hydrogen-bond donors (Lipinski definition) is 0. The summed E-state index contributed by atoms with van der Waals surface area (Å²) in [6.07, 6.45) is 7.12. The molecule has 17 heavy (non-hydrogen) atoms. The highest BCUT2D eigenvalue weighted by molar-refractivity contribution is 5.95. The number of rotatable bonds is 5. The summed E-state index contributed by atoms with van der Waals surface area (Å²) in [5.41, 5.74) is 1.79. The van der Waals surface area contributed by atoms with Gasteiger partial charge < -0.3 is 4.57 Å².